The number of carbonyl (C=O) groups excluding carboxylic acids is 1. The van der Waals surface area contributed by atoms with Crippen LogP contribution in [0.15, 0.2) is 5.10 Å². The van der Waals surface area contributed by atoms with Crippen LogP contribution in [-0.2, 0) is 11.2 Å². The van der Waals surface area contributed by atoms with E-state index < -0.39 is 0 Å². The first-order valence-electron chi connectivity index (χ1n) is 6.80. The number of nitrogens with zero attached hydrogens (tertiary/aromatic N) is 4. The van der Waals surface area contributed by atoms with Crippen molar-refractivity contribution in [2.24, 2.45) is 5.10 Å². The number of aromatic nitrogens is 3. The summed E-state index contributed by atoms with van der Waals surface area (Å²) in [7, 11) is 0. The van der Waals surface area contributed by atoms with E-state index in [-0.39, 0.29) is 6.09 Å². The highest BCUT2D eigenvalue weighted by atomic mass is 32.1. The summed E-state index contributed by atoms with van der Waals surface area (Å²) >= 11 is 5.16. The van der Waals surface area contributed by atoms with Crippen molar-refractivity contribution < 1.29 is 9.53 Å². The first-order valence-corrected chi connectivity index (χ1v) is 7.21. The Hall–Kier alpha value is -1.70. The third kappa shape index (κ3) is 3.24. The summed E-state index contributed by atoms with van der Waals surface area (Å²) in [5, 5.41) is 11.4. The van der Waals surface area contributed by atoms with Gasteiger partial charge in [0.15, 0.2) is 5.82 Å². The fraction of sp³-hybridized carbons (Fsp3) is 0.667. The third-order valence-electron chi connectivity index (χ3n) is 3.14. The molecule has 1 N–H and O–H groups in total. The summed E-state index contributed by atoms with van der Waals surface area (Å²) < 4.78 is 7.16. The second-order valence-corrected chi connectivity index (χ2v) is 4.85. The molecule has 20 heavy (non-hydrogen) atoms. The summed E-state index contributed by atoms with van der Waals surface area (Å²) in [6.07, 6.45) is 1.98. The third-order valence-corrected chi connectivity index (χ3v) is 3.41. The highest BCUT2D eigenvalue weighted by Crippen LogP contribution is 2.10. The molecule has 1 aromatic rings. The molecule has 0 atom stereocenters. The number of aromatic amines is 1. The average molecular weight is 297 g/mol. The fourth-order valence-electron chi connectivity index (χ4n) is 2.06. The maximum absolute atomic E-state index is 11.6. The largest absolute Gasteiger partial charge is 0.450 e. The Balaban J connectivity index is 2.03. The topological polar surface area (TPSA) is 75.5 Å². The van der Waals surface area contributed by atoms with Gasteiger partial charge in [0, 0.05) is 38.1 Å². The van der Waals surface area contributed by atoms with Gasteiger partial charge >= 0.3 is 6.09 Å². The Morgan fingerprint density at radius 2 is 2.15 bits per heavy atom. The van der Waals surface area contributed by atoms with Crippen molar-refractivity contribution in [2.75, 3.05) is 19.7 Å². The maximum atomic E-state index is 11.6. The summed E-state index contributed by atoms with van der Waals surface area (Å²) in [5.74, 6) is 0.815. The second-order valence-electron chi connectivity index (χ2n) is 4.46. The van der Waals surface area contributed by atoms with Crippen molar-refractivity contribution in [1.29, 1.82) is 0 Å². The maximum Gasteiger partial charge on any atom is 0.409 e. The minimum absolute atomic E-state index is 0.249. The van der Waals surface area contributed by atoms with Crippen LogP contribution in [0.4, 0.5) is 4.79 Å². The minimum atomic E-state index is -0.249. The summed E-state index contributed by atoms with van der Waals surface area (Å²) in [6.45, 7) is 5.47. The van der Waals surface area contributed by atoms with Crippen LogP contribution in [0.1, 0.15) is 32.5 Å². The highest BCUT2D eigenvalue weighted by Gasteiger charge is 2.21. The molecule has 8 heteroatoms. The zero-order valence-corrected chi connectivity index (χ0v) is 12.6. The van der Waals surface area contributed by atoms with E-state index in [1.807, 2.05) is 13.8 Å². The van der Waals surface area contributed by atoms with Gasteiger partial charge in [-0.3, -0.25) is 5.10 Å². The molecular formula is C12H19N5O2S. The molecule has 1 saturated heterocycles. The summed E-state index contributed by atoms with van der Waals surface area (Å²) in [4.78, 5) is 13.3. The lowest BCUT2D eigenvalue weighted by atomic mass is 10.1. The van der Waals surface area contributed by atoms with Crippen molar-refractivity contribution >= 4 is 24.0 Å². The van der Waals surface area contributed by atoms with Gasteiger partial charge < -0.3 is 9.64 Å². The highest BCUT2D eigenvalue weighted by molar-refractivity contribution is 7.71. The lowest BCUT2D eigenvalue weighted by molar-refractivity contribution is 0.107. The van der Waals surface area contributed by atoms with Gasteiger partial charge in [-0.05, 0) is 19.1 Å². The molecule has 7 nitrogen and oxygen atoms in total. The monoisotopic (exact) mass is 297 g/mol. The second kappa shape index (κ2) is 6.65. The number of piperidine rings is 1. The van der Waals surface area contributed by atoms with E-state index in [9.17, 15) is 4.79 Å². The molecule has 1 amide bonds. The molecule has 0 aliphatic carbocycles. The van der Waals surface area contributed by atoms with E-state index in [0.29, 0.717) is 24.5 Å². The zero-order chi connectivity index (χ0) is 14.5. The molecule has 2 rings (SSSR count). The molecule has 2 heterocycles. The van der Waals surface area contributed by atoms with Crippen LogP contribution in [0.3, 0.4) is 0 Å². The average Bonchev–Trinajstić information content (AvgIpc) is 2.81. The number of amides is 1. The molecule has 1 aliphatic heterocycles. The predicted molar refractivity (Wildman–Crippen MR) is 77.5 cm³/mol. The number of hydrogen-bond donors (Lipinski definition) is 1. The van der Waals surface area contributed by atoms with Gasteiger partial charge in [-0.15, -0.1) is 0 Å². The van der Waals surface area contributed by atoms with Crippen LogP contribution in [0, 0.1) is 4.77 Å². The Morgan fingerprint density at radius 1 is 1.45 bits per heavy atom. The molecule has 1 aliphatic rings. The number of carbonyl (C=O) groups is 1. The Labute approximate surface area is 122 Å². The van der Waals surface area contributed by atoms with Crippen LogP contribution in [0.5, 0.6) is 0 Å². The van der Waals surface area contributed by atoms with Crippen LogP contribution in [0.25, 0.3) is 0 Å². The normalized spacial score (nSPS) is 15.3. The van der Waals surface area contributed by atoms with Gasteiger partial charge in [-0.1, -0.05) is 6.92 Å². The zero-order valence-electron chi connectivity index (χ0n) is 11.8. The van der Waals surface area contributed by atoms with Crippen LogP contribution in [0.2, 0.25) is 0 Å². The summed E-state index contributed by atoms with van der Waals surface area (Å²) in [6, 6.07) is 0. The molecule has 0 spiro atoms. The van der Waals surface area contributed by atoms with Crippen molar-refractivity contribution in [2.45, 2.75) is 33.1 Å². The SMILES string of the molecule is CCOC(=O)N1CCC(=Nn2c(CC)n[nH]c2=S)CC1. The minimum Gasteiger partial charge on any atom is -0.450 e. The van der Waals surface area contributed by atoms with Gasteiger partial charge in [0.25, 0.3) is 0 Å². The van der Waals surface area contributed by atoms with Crippen LogP contribution < -0.4 is 0 Å². The molecule has 1 fully saturated rings. The number of H-pyrrole nitrogens is 1. The van der Waals surface area contributed by atoms with E-state index in [2.05, 4.69) is 15.3 Å². The Bertz CT molecular complexity index is 552. The van der Waals surface area contributed by atoms with Crippen molar-refractivity contribution in [3.8, 4) is 0 Å². The lowest BCUT2D eigenvalue weighted by Crippen LogP contribution is -2.39. The number of hydrogen-bond acceptors (Lipinski definition) is 5. The number of nitrogens with one attached hydrogen (secondary N) is 1. The van der Waals surface area contributed by atoms with E-state index in [0.717, 1.165) is 30.8 Å². The standard InChI is InChI=1S/C12H19N5O2S/c1-3-10-13-14-11(20)17(10)15-9-5-7-16(8-6-9)12(18)19-4-2/h3-8H2,1-2H3,(H,14,20). The van der Waals surface area contributed by atoms with Crippen LogP contribution in [-0.4, -0.2) is 51.3 Å². The van der Waals surface area contributed by atoms with Crippen LogP contribution >= 0.6 is 12.2 Å². The Morgan fingerprint density at radius 3 is 2.75 bits per heavy atom. The fourth-order valence-corrected chi connectivity index (χ4v) is 2.25. The van der Waals surface area contributed by atoms with Crippen molar-refractivity contribution in [3.05, 3.63) is 10.6 Å². The van der Waals surface area contributed by atoms with E-state index in [1.54, 1.807) is 9.58 Å². The number of aryl methyl sites for hydroxylation is 1. The molecule has 0 saturated carbocycles. The van der Waals surface area contributed by atoms with Gasteiger partial charge in [-0.25, -0.2) is 4.79 Å². The quantitative estimate of drug-likeness (QED) is 0.865. The smallest absolute Gasteiger partial charge is 0.409 e. The van der Waals surface area contributed by atoms with Crippen molar-refractivity contribution in [1.82, 2.24) is 19.8 Å². The van der Waals surface area contributed by atoms with E-state index in [1.165, 1.54) is 0 Å². The summed E-state index contributed by atoms with van der Waals surface area (Å²) in [5.41, 5.74) is 1.03. The number of likely N-dealkylation sites (tertiary alicyclic amines) is 1. The van der Waals surface area contributed by atoms with Gasteiger partial charge in [0.1, 0.15) is 0 Å². The predicted octanol–water partition coefficient (Wildman–Crippen LogP) is 1.96. The molecule has 0 unspecified atom stereocenters. The molecule has 0 bridgehead atoms. The first kappa shape index (κ1) is 14.7. The number of rotatable bonds is 3. The lowest BCUT2D eigenvalue weighted by Gasteiger charge is -2.26. The van der Waals surface area contributed by atoms with Crippen molar-refractivity contribution in [3.63, 3.8) is 0 Å². The van der Waals surface area contributed by atoms with E-state index >= 15 is 0 Å². The van der Waals surface area contributed by atoms with Gasteiger partial charge in [0.2, 0.25) is 4.77 Å². The first-order chi connectivity index (χ1) is 9.65. The van der Waals surface area contributed by atoms with Gasteiger partial charge in [-0.2, -0.15) is 14.9 Å². The van der Waals surface area contributed by atoms with Gasteiger partial charge in [0.05, 0.1) is 6.61 Å². The number of ether oxygens (including phenoxy) is 1. The molecule has 1 aromatic heterocycles. The Kier molecular flexibility index (Phi) is 4.89. The molecule has 0 radical (unpaired) electrons. The molecular weight excluding hydrogens is 278 g/mol. The van der Waals surface area contributed by atoms with E-state index in [4.69, 9.17) is 17.0 Å². The molecule has 0 aromatic carbocycles. The molecule has 110 valence electrons.